The summed E-state index contributed by atoms with van der Waals surface area (Å²) in [6.07, 6.45) is -0.799. The molecule has 10 heavy (non-hydrogen) atoms. The van der Waals surface area contributed by atoms with Gasteiger partial charge in [-0.05, 0) is 0 Å². The highest BCUT2D eigenvalue weighted by Crippen LogP contribution is 1.80. The first kappa shape index (κ1) is 9.76. The van der Waals surface area contributed by atoms with Gasteiger partial charge in [0.25, 0.3) is 0 Å². The van der Waals surface area contributed by atoms with Crippen molar-refractivity contribution in [3.05, 3.63) is 0 Å². The molecule has 0 aromatic heterocycles. The van der Waals surface area contributed by atoms with Crippen molar-refractivity contribution in [2.75, 3.05) is 6.54 Å². The van der Waals surface area contributed by atoms with Gasteiger partial charge in [0, 0.05) is 6.54 Å². The second-order valence-electron chi connectivity index (χ2n) is 2.11. The van der Waals surface area contributed by atoms with Gasteiger partial charge in [0.15, 0.2) is 5.79 Å². The average molecular weight is 148 g/mol. The molecule has 6 nitrogen and oxygen atoms in total. The summed E-state index contributed by atoms with van der Waals surface area (Å²) < 4.78 is 0. The first-order valence-electron chi connectivity index (χ1n) is 3.09. The molecule has 0 amide bonds. The highest BCUT2D eigenvalue weighted by molar-refractivity contribution is 4.79. The van der Waals surface area contributed by atoms with E-state index in [1.807, 2.05) is 6.92 Å². The van der Waals surface area contributed by atoms with E-state index in [9.17, 15) is 0 Å². The minimum atomic E-state index is -1.25. The highest BCUT2D eigenvalue weighted by atomic mass is 15.5. The summed E-state index contributed by atoms with van der Waals surface area (Å²) in [7, 11) is 0. The fourth-order valence-corrected chi connectivity index (χ4v) is 0.325. The van der Waals surface area contributed by atoms with Gasteiger partial charge < -0.3 is 11.5 Å². The molecule has 0 rings (SSSR count). The van der Waals surface area contributed by atoms with Crippen molar-refractivity contribution < 1.29 is 0 Å². The zero-order chi connectivity index (χ0) is 8.20. The lowest BCUT2D eigenvalue weighted by Crippen LogP contribution is -2.76. The molecular weight excluding hydrogens is 132 g/mol. The maximum atomic E-state index is 5.40. The highest BCUT2D eigenvalue weighted by Gasteiger charge is 2.23. The van der Waals surface area contributed by atoms with Gasteiger partial charge in [-0.25, -0.2) is 5.43 Å². The lowest BCUT2D eigenvalue weighted by Gasteiger charge is -2.29. The molecule has 0 bridgehead atoms. The largest absolute Gasteiger partial charge is 0.312 e. The van der Waals surface area contributed by atoms with Crippen molar-refractivity contribution in [1.29, 1.82) is 0 Å². The van der Waals surface area contributed by atoms with Crippen molar-refractivity contribution >= 4 is 0 Å². The molecule has 0 atom stereocenters. The van der Waals surface area contributed by atoms with Crippen LogP contribution in [0.5, 0.6) is 0 Å². The minimum Gasteiger partial charge on any atom is -0.312 e. The predicted octanol–water partition coefficient (Wildman–Crippen LogP) is -3.08. The number of hydrogen-bond acceptors (Lipinski definition) is 6. The summed E-state index contributed by atoms with van der Waals surface area (Å²) in [6.45, 7) is 2.59. The van der Waals surface area contributed by atoms with Gasteiger partial charge in [0.2, 0.25) is 0 Å². The van der Waals surface area contributed by atoms with Crippen molar-refractivity contribution in [2.45, 2.75) is 18.9 Å². The van der Waals surface area contributed by atoms with E-state index in [0.29, 0.717) is 6.54 Å². The van der Waals surface area contributed by atoms with E-state index in [1.165, 1.54) is 0 Å². The third kappa shape index (κ3) is 3.06. The molecule has 0 fully saturated rings. The molecule has 0 heterocycles. The van der Waals surface area contributed by atoms with Crippen LogP contribution in [0.4, 0.5) is 0 Å². The van der Waals surface area contributed by atoms with Crippen molar-refractivity contribution in [1.82, 2.24) is 10.9 Å². The molecule has 0 saturated heterocycles. The predicted molar refractivity (Wildman–Crippen MR) is 40.1 cm³/mol. The zero-order valence-corrected chi connectivity index (χ0v) is 6.09. The van der Waals surface area contributed by atoms with Crippen LogP contribution in [-0.2, 0) is 0 Å². The SMILES string of the molecule is CCNNC(N)(N)C(N)N. The van der Waals surface area contributed by atoms with Gasteiger partial charge in [-0.15, -0.1) is 0 Å². The monoisotopic (exact) mass is 148 g/mol. The first-order valence-corrected chi connectivity index (χ1v) is 3.09. The molecule has 62 valence electrons. The van der Waals surface area contributed by atoms with Crippen molar-refractivity contribution in [3.8, 4) is 0 Å². The minimum absolute atomic E-state index is 0.697. The van der Waals surface area contributed by atoms with Gasteiger partial charge in [-0.3, -0.25) is 16.9 Å². The van der Waals surface area contributed by atoms with E-state index in [-0.39, 0.29) is 0 Å². The fraction of sp³-hybridized carbons (Fsp3) is 1.00. The van der Waals surface area contributed by atoms with Crippen LogP contribution in [0.3, 0.4) is 0 Å². The van der Waals surface area contributed by atoms with Crippen LogP contribution in [0, 0.1) is 0 Å². The topological polar surface area (TPSA) is 128 Å². The molecule has 0 spiro atoms. The summed E-state index contributed by atoms with van der Waals surface area (Å²) in [6, 6.07) is 0. The van der Waals surface area contributed by atoms with Crippen LogP contribution in [0.2, 0.25) is 0 Å². The Hall–Kier alpha value is -0.240. The Bertz CT molecular complexity index is 89.7. The quantitative estimate of drug-likeness (QED) is 0.185. The number of rotatable bonds is 4. The summed E-state index contributed by atoms with van der Waals surface area (Å²) >= 11 is 0. The molecule has 10 N–H and O–H groups in total. The summed E-state index contributed by atoms with van der Waals surface area (Å²) in [5, 5.41) is 0. The molecule has 0 unspecified atom stereocenters. The van der Waals surface area contributed by atoms with Crippen LogP contribution >= 0.6 is 0 Å². The van der Waals surface area contributed by atoms with Crippen LogP contribution in [0.1, 0.15) is 6.92 Å². The molecule has 0 aromatic rings. The Balaban J connectivity index is 3.63. The van der Waals surface area contributed by atoms with Gasteiger partial charge in [-0.2, -0.15) is 0 Å². The summed E-state index contributed by atoms with van der Waals surface area (Å²) in [5.41, 5.74) is 26.5. The Kier molecular flexibility index (Phi) is 3.72. The van der Waals surface area contributed by atoms with Gasteiger partial charge in [0.1, 0.15) is 0 Å². The van der Waals surface area contributed by atoms with E-state index in [1.54, 1.807) is 0 Å². The molecule has 0 aliphatic heterocycles. The number of nitrogens with two attached hydrogens (primary N) is 4. The second kappa shape index (κ2) is 3.81. The molecular formula is C4H16N6. The van der Waals surface area contributed by atoms with Gasteiger partial charge >= 0.3 is 0 Å². The van der Waals surface area contributed by atoms with Crippen molar-refractivity contribution in [3.63, 3.8) is 0 Å². The van der Waals surface area contributed by atoms with E-state index in [2.05, 4.69) is 10.9 Å². The number of nitrogens with one attached hydrogen (secondary N) is 2. The standard InChI is InChI=1S/C4H16N6/c1-2-9-10-4(7,8)3(5)6/h3,9-10H,2,5-8H2,1H3. The maximum Gasteiger partial charge on any atom is 0.160 e. The normalized spacial score (nSPS) is 12.6. The lowest BCUT2D eigenvalue weighted by atomic mass is 10.3. The van der Waals surface area contributed by atoms with Crippen LogP contribution in [-0.4, -0.2) is 18.5 Å². The fourth-order valence-electron chi connectivity index (χ4n) is 0.325. The van der Waals surface area contributed by atoms with E-state index < -0.39 is 12.0 Å². The Morgan fingerprint density at radius 3 is 2.20 bits per heavy atom. The number of hydrogen-bond donors (Lipinski definition) is 6. The Morgan fingerprint density at radius 1 is 1.40 bits per heavy atom. The summed E-state index contributed by atoms with van der Waals surface area (Å²) in [4.78, 5) is 0. The first-order chi connectivity index (χ1) is 4.50. The van der Waals surface area contributed by atoms with E-state index >= 15 is 0 Å². The molecule has 0 saturated carbocycles. The smallest absolute Gasteiger partial charge is 0.160 e. The third-order valence-electron chi connectivity index (χ3n) is 1.03. The molecule has 0 radical (unpaired) electrons. The van der Waals surface area contributed by atoms with Crippen LogP contribution in [0.15, 0.2) is 0 Å². The molecule has 0 aliphatic rings. The molecule has 0 aromatic carbocycles. The lowest BCUT2D eigenvalue weighted by molar-refractivity contribution is 0.251. The van der Waals surface area contributed by atoms with Crippen LogP contribution in [0.25, 0.3) is 0 Å². The molecule has 0 aliphatic carbocycles. The average Bonchev–Trinajstić information content (AvgIpc) is 1.84. The van der Waals surface area contributed by atoms with Gasteiger partial charge in [0.05, 0.1) is 6.17 Å². The Labute approximate surface area is 60.3 Å². The van der Waals surface area contributed by atoms with Gasteiger partial charge in [-0.1, -0.05) is 6.92 Å². The molecule has 6 heteroatoms. The second-order valence-corrected chi connectivity index (χ2v) is 2.11. The van der Waals surface area contributed by atoms with Crippen molar-refractivity contribution in [2.24, 2.45) is 22.9 Å². The van der Waals surface area contributed by atoms with Crippen LogP contribution < -0.4 is 33.8 Å². The number of hydrazine groups is 1. The Morgan fingerprint density at radius 2 is 1.90 bits per heavy atom. The maximum absolute atomic E-state index is 5.40. The third-order valence-corrected chi connectivity index (χ3v) is 1.03. The summed E-state index contributed by atoms with van der Waals surface area (Å²) in [5.74, 6) is -1.25. The van der Waals surface area contributed by atoms with E-state index in [0.717, 1.165) is 0 Å². The van der Waals surface area contributed by atoms with E-state index in [4.69, 9.17) is 22.9 Å². The zero-order valence-electron chi connectivity index (χ0n) is 6.09.